The van der Waals surface area contributed by atoms with E-state index in [1.807, 2.05) is 12.1 Å². The van der Waals surface area contributed by atoms with E-state index in [1.165, 1.54) is 12.8 Å². The van der Waals surface area contributed by atoms with Crippen molar-refractivity contribution in [2.45, 2.75) is 18.9 Å². The lowest BCUT2D eigenvalue weighted by Gasteiger charge is -2.24. The Morgan fingerprint density at radius 1 is 1.57 bits per heavy atom. The minimum atomic E-state index is 0.516. The van der Waals surface area contributed by atoms with Crippen LogP contribution in [-0.2, 0) is 0 Å². The minimum absolute atomic E-state index is 0.516. The van der Waals surface area contributed by atoms with Crippen molar-refractivity contribution < 1.29 is 0 Å². The zero-order valence-corrected chi connectivity index (χ0v) is 8.72. The number of hydrogen-bond donors (Lipinski definition) is 2. The summed E-state index contributed by atoms with van der Waals surface area (Å²) >= 11 is 5.80. The topological polar surface area (TPSA) is 37.0 Å². The van der Waals surface area contributed by atoms with Gasteiger partial charge in [0.15, 0.2) is 0 Å². The van der Waals surface area contributed by atoms with Crippen molar-refractivity contribution in [3.63, 3.8) is 0 Å². The van der Waals surface area contributed by atoms with E-state index >= 15 is 0 Å². The molecule has 3 nitrogen and oxygen atoms in total. The lowest BCUT2D eigenvalue weighted by Crippen LogP contribution is -2.38. The number of aromatic nitrogens is 1. The summed E-state index contributed by atoms with van der Waals surface area (Å²) in [6.45, 7) is 2.16. The Bertz CT molecular complexity index is 297. The number of halogens is 1. The second-order valence-electron chi connectivity index (χ2n) is 3.55. The molecule has 1 saturated heterocycles. The highest BCUT2D eigenvalue weighted by Gasteiger charge is 2.12. The Hall–Kier alpha value is -0.800. The summed E-state index contributed by atoms with van der Waals surface area (Å²) in [6.07, 6.45) is 4.17. The van der Waals surface area contributed by atoms with Crippen LogP contribution >= 0.6 is 11.6 Å². The first kappa shape index (κ1) is 9.74. The quantitative estimate of drug-likeness (QED) is 0.734. The number of nitrogens with one attached hydrogen (secondary N) is 2. The lowest BCUT2D eigenvalue weighted by molar-refractivity contribution is 0.480. The van der Waals surface area contributed by atoms with Gasteiger partial charge in [-0.3, -0.25) is 0 Å². The van der Waals surface area contributed by atoms with E-state index in [9.17, 15) is 0 Å². The maximum absolute atomic E-state index is 5.80. The van der Waals surface area contributed by atoms with Gasteiger partial charge < -0.3 is 10.6 Å². The lowest BCUT2D eigenvalue weighted by atomic mass is 10.1. The molecule has 0 spiro atoms. The Morgan fingerprint density at radius 3 is 3.21 bits per heavy atom. The first-order valence-corrected chi connectivity index (χ1v) is 5.31. The average Bonchev–Trinajstić information content (AvgIpc) is 2.19. The number of piperidine rings is 1. The fourth-order valence-corrected chi connectivity index (χ4v) is 1.88. The van der Waals surface area contributed by atoms with E-state index < -0.39 is 0 Å². The van der Waals surface area contributed by atoms with Crippen molar-refractivity contribution in [1.82, 2.24) is 10.3 Å². The Kier molecular flexibility index (Phi) is 3.22. The zero-order valence-electron chi connectivity index (χ0n) is 7.96. The minimum Gasteiger partial charge on any atom is -0.381 e. The van der Waals surface area contributed by atoms with Gasteiger partial charge in [0.2, 0.25) is 0 Å². The summed E-state index contributed by atoms with van der Waals surface area (Å²) in [5.41, 5.74) is 1.05. The first-order chi connectivity index (χ1) is 6.84. The van der Waals surface area contributed by atoms with Gasteiger partial charge in [-0.25, -0.2) is 4.98 Å². The van der Waals surface area contributed by atoms with Crippen molar-refractivity contribution in [3.05, 3.63) is 23.5 Å². The second kappa shape index (κ2) is 4.62. The van der Waals surface area contributed by atoms with Crippen LogP contribution in [0.1, 0.15) is 12.8 Å². The highest BCUT2D eigenvalue weighted by Crippen LogP contribution is 2.15. The predicted octanol–water partition coefficient (Wildman–Crippen LogP) is 1.90. The van der Waals surface area contributed by atoms with Gasteiger partial charge in [0, 0.05) is 24.5 Å². The Balaban J connectivity index is 1.95. The van der Waals surface area contributed by atoms with Gasteiger partial charge in [-0.2, -0.15) is 0 Å². The van der Waals surface area contributed by atoms with Crippen molar-refractivity contribution in [2.24, 2.45) is 0 Å². The number of hydrogen-bond acceptors (Lipinski definition) is 3. The molecule has 2 rings (SSSR count). The van der Waals surface area contributed by atoms with Gasteiger partial charge in [-0.15, -0.1) is 0 Å². The smallest absolute Gasteiger partial charge is 0.131 e. The molecule has 1 unspecified atom stereocenters. The normalized spacial score (nSPS) is 21.9. The molecule has 0 aromatic carbocycles. The summed E-state index contributed by atoms with van der Waals surface area (Å²) in [6, 6.07) is 4.32. The number of nitrogens with zero attached hydrogens (tertiary/aromatic N) is 1. The Morgan fingerprint density at radius 2 is 2.50 bits per heavy atom. The molecule has 4 heteroatoms. The van der Waals surface area contributed by atoms with Gasteiger partial charge in [0.1, 0.15) is 5.15 Å². The molecule has 0 saturated carbocycles. The molecule has 2 heterocycles. The summed E-state index contributed by atoms with van der Waals surface area (Å²) < 4.78 is 0. The third-order valence-corrected chi connectivity index (χ3v) is 2.60. The first-order valence-electron chi connectivity index (χ1n) is 4.93. The molecule has 0 amide bonds. The van der Waals surface area contributed by atoms with Gasteiger partial charge in [-0.05, 0) is 31.5 Å². The number of pyridine rings is 1. The molecule has 1 aromatic rings. The second-order valence-corrected chi connectivity index (χ2v) is 3.94. The van der Waals surface area contributed by atoms with E-state index in [-0.39, 0.29) is 0 Å². The summed E-state index contributed by atoms with van der Waals surface area (Å²) in [4.78, 5) is 3.94. The fourth-order valence-electron chi connectivity index (χ4n) is 1.70. The number of rotatable bonds is 2. The van der Waals surface area contributed by atoms with Crippen LogP contribution in [0.3, 0.4) is 0 Å². The monoisotopic (exact) mass is 211 g/mol. The summed E-state index contributed by atoms with van der Waals surface area (Å²) in [7, 11) is 0. The van der Waals surface area contributed by atoms with Gasteiger partial charge >= 0.3 is 0 Å². The van der Waals surface area contributed by atoms with Crippen molar-refractivity contribution in [3.8, 4) is 0 Å². The van der Waals surface area contributed by atoms with E-state index in [0.29, 0.717) is 11.2 Å². The molecule has 1 aliphatic rings. The average molecular weight is 212 g/mol. The van der Waals surface area contributed by atoms with Gasteiger partial charge in [0.05, 0.1) is 0 Å². The van der Waals surface area contributed by atoms with Crippen LogP contribution in [0.25, 0.3) is 0 Å². The molecular formula is C10H14ClN3. The third kappa shape index (κ3) is 2.59. The molecule has 1 aliphatic heterocycles. The van der Waals surface area contributed by atoms with Crippen LogP contribution in [0, 0.1) is 0 Å². The standard InChI is InChI=1S/C10H14ClN3/c11-10-6-8(3-5-13-10)14-9-2-1-4-12-7-9/h3,5-6,9,12H,1-2,4,7H2,(H,13,14). The number of anilines is 1. The Labute approximate surface area is 88.9 Å². The molecule has 1 atom stereocenters. The van der Waals surface area contributed by atoms with Crippen LogP contribution < -0.4 is 10.6 Å². The molecule has 0 aliphatic carbocycles. The fraction of sp³-hybridized carbons (Fsp3) is 0.500. The third-order valence-electron chi connectivity index (χ3n) is 2.39. The molecule has 14 heavy (non-hydrogen) atoms. The SMILES string of the molecule is Clc1cc(NC2CCCNC2)ccn1. The van der Waals surface area contributed by atoms with Crippen molar-refractivity contribution in [2.75, 3.05) is 18.4 Å². The summed E-state index contributed by atoms with van der Waals surface area (Å²) in [5.74, 6) is 0. The van der Waals surface area contributed by atoms with Crippen molar-refractivity contribution >= 4 is 17.3 Å². The zero-order chi connectivity index (χ0) is 9.80. The van der Waals surface area contributed by atoms with Crippen LogP contribution in [0.2, 0.25) is 5.15 Å². The largest absolute Gasteiger partial charge is 0.381 e. The molecule has 76 valence electrons. The maximum Gasteiger partial charge on any atom is 0.131 e. The molecule has 0 bridgehead atoms. The van der Waals surface area contributed by atoms with Crippen LogP contribution in [0.15, 0.2) is 18.3 Å². The van der Waals surface area contributed by atoms with E-state index in [0.717, 1.165) is 18.8 Å². The molecule has 1 aromatic heterocycles. The highest BCUT2D eigenvalue weighted by molar-refractivity contribution is 6.29. The molecule has 2 N–H and O–H groups in total. The summed E-state index contributed by atoms with van der Waals surface area (Å²) in [5, 5.41) is 7.33. The molecular weight excluding hydrogens is 198 g/mol. The van der Waals surface area contributed by atoms with Gasteiger partial charge in [0.25, 0.3) is 0 Å². The predicted molar refractivity (Wildman–Crippen MR) is 58.8 cm³/mol. The molecule has 0 radical (unpaired) electrons. The van der Waals surface area contributed by atoms with Crippen molar-refractivity contribution in [1.29, 1.82) is 0 Å². The highest BCUT2D eigenvalue weighted by atomic mass is 35.5. The van der Waals surface area contributed by atoms with Crippen LogP contribution in [0.5, 0.6) is 0 Å². The van der Waals surface area contributed by atoms with Crippen LogP contribution in [0.4, 0.5) is 5.69 Å². The van der Waals surface area contributed by atoms with E-state index in [4.69, 9.17) is 11.6 Å². The van der Waals surface area contributed by atoms with E-state index in [1.54, 1.807) is 6.20 Å². The van der Waals surface area contributed by atoms with Crippen LogP contribution in [-0.4, -0.2) is 24.1 Å². The van der Waals surface area contributed by atoms with Gasteiger partial charge in [-0.1, -0.05) is 11.6 Å². The maximum atomic E-state index is 5.80. The molecule has 1 fully saturated rings. The van der Waals surface area contributed by atoms with E-state index in [2.05, 4.69) is 15.6 Å².